The molecule has 0 radical (unpaired) electrons. The quantitative estimate of drug-likeness (QED) is 0.777. The number of likely N-dealkylation sites (tertiary alicyclic amines) is 2. The van der Waals surface area contributed by atoms with Crippen molar-refractivity contribution in [3.63, 3.8) is 0 Å². The van der Waals surface area contributed by atoms with Gasteiger partial charge >= 0.3 is 0 Å². The third kappa shape index (κ3) is 3.63. The Kier molecular flexibility index (Phi) is 5.13. The first-order valence-corrected chi connectivity index (χ1v) is 10.3. The molecule has 0 saturated carbocycles. The lowest BCUT2D eigenvalue weighted by Gasteiger charge is -2.50. The number of aryl methyl sites for hydroxylation is 1. The molecule has 1 aromatic rings. The highest BCUT2D eigenvalue weighted by atomic mass is 32.1. The zero-order valence-electron chi connectivity index (χ0n) is 15.0. The van der Waals surface area contributed by atoms with Crippen molar-refractivity contribution < 1.29 is 14.3 Å². The van der Waals surface area contributed by atoms with Gasteiger partial charge in [0.2, 0.25) is 5.91 Å². The van der Waals surface area contributed by atoms with Crippen LogP contribution in [-0.4, -0.2) is 67.3 Å². The number of carbonyl (C=O) groups excluding carboxylic acids is 1. The summed E-state index contributed by atoms with van der Waals surface area (Å²) in [4.78, 5) is 17.9. The lowest BCUT2D eigenvalue weighted by Crippen LogP contribution is -2.64. The van der Waals surface area contributed by atoms with Crippen LogP contribution in [0.25, 0.3) is 0 Å². The van der Waals surface area contributed by atoms with E-state index in [0.29, 0.717) is 12.5 Å². The van der Waals surface area contributed by atoms with Gasteiger partial charge < -0.3 is 14.4 Å². The molecule has 4 heterocycles. The molecule has 3 aliphatic heterocycles. The topological polar surface area (TPSA) is 42.0 Å². The molecule has 138 valence electrons. The van der Waals surface area contributed by atoms with Crippen LogP contribution in [0.3, 0.4) is 0 Å². The van der Waals surface area contributed by atoms with Crippen molar-refractivity contribution >= 4 is 17.2 Å². The molecule has 1 atom stereocenters. The molecule has 1 unspecified atom stereocenters. The third-order valence-corrected chi connectivity index (χ3v) is 6.93. The smallest absolute Gasteiger partial charge is 0.248 e. The minimum Gasteiger partial charge on any atom is -0.372 e. The van der Waals surface area contributed by atoms with Crippen LogP contribution in [0.1, 0.15) is 29.7 Å². The van der Waals surface area contributed by atoms with Crippen molar-refractivity contribution in [2.75, 3.05) is 46.0 Å². The molecule has 3 aliphatic rings. The predicted octanol–water partition coefficient (Wildman–Crippen LogP) is 2.29. The SMILES string of the molecule is Cc1ccsc1CN1CC2(C1)OCCC2COCC(=O)N1CCCC1. The van der Waals surface area contributed by atoms with Gasteiger partial charge in [0.05, 0.1) is 12.2 Å². The molecule has 1 aromatic heterocycles. The van der Waals surface area contributed by atoms with Crippen LogP contribution in [0.5, 0.6) is 0 Å². The molecule has 3 saturated heterocycles. The maximum atomic E-state index is 12.1. The van der Waals surface area contributed by atoms with Gasteiger partial charge in [-0.2, -0.15) is 0 Å². The Morgan fingerprint density at radius 3 is 2.92 bits per heavy atom. The van der Waals surface area contributed by atoms with Gasteiger partial charge in [-0.3, -0.25) is 9.69 Å². The lowest BCUT2D eigenvalue weighted by atomic mass is 9.81. The van der Waals surface area contributed by atoms with Crippen LogP contribution in [0.15, 0.2) is 11.4 Å². The Bertz CT molecular complexity index is 606. The van der Waals surface area contributed by atoms with Crippen molar-refractivity contribution in [3.8, 4) is 0 Å². The molecule has 0 N–H and O–H groups in total. The van der Waals surface area contributed by atoms with Crippen LogP contribution in [-0.2, 0) is 20.8 Å². The van der Waals surface area contributed by atoms with Crippen molar-refractivity contribution in [3.05, 3.63) is 21.9 Å². The molecule has 0 bridgehead atoms. The summed E-state index contributed by atoms with van der Waals surface area (Å²) in [5.74, 6) is 0.563. The van der Waals surface area contributed by atoms with Crippen molar-refractivity contribution in [1.29, 1.82) is 0 Å². The summed E-state index contributed by atoms with van der Waals surface area (Å²) in [6.45, 7) is 8.66. The highest BCUT2D eigenvalue weighted by molar-refractivity contribution is 7.10. The summed E-state index contributed by atoms with van der Waals surface area (Å²) >= 11 is 1.84. The highest BCUT2D eigenvalue weighted by Gasteiger charge is 2.52. The third-order valence-electron chi connectivity index (χ3n) is 5.92. The van der Waals surface area contributed by atoms with Gasteiger partial charge in [0, 0.05) is 50.1 Å². The summed E-state index contributed by atoms with van der Waals surface area (Å²) in [7, 11) is 0. The summed E-state index contributed by atoms with van der Waals surface area (Å²) in [5, 5.41) is 2.17. The van der Waals surface area contributed by atoms with E-state index in [2.05, 4.69) is 23.3 Å². The van der Waals surface area contributed by atoms with Gasteiger partial charge in [-0.1, -0.05) is 0 Å². The largest absolute Gasteiger partial charge is 0.372 e. The minimum absolute atomic E-state index is 0.0398. The number of thiophene rings is 1. The van der Waals surface area contributed by atoms with Gasteiger partial charge in [0.15, 0.2) is 0 Å². The molecule has 1 spiro atoms. The summed E-state index contributed by atoms with van der Waals surface area (Å²) in [6, 6.07) is 2.19. The molecule has 5 nitrogen and oxygen atoms in total. The van der Waals surface area contributed by atoms with Gasteiger partial charge in [-0.25, -0.2) is 0 Å². The van der Waals surface area contributed by atoms with E-state index in [1.807, 2.05) is 16.2 Å². The number of amides is 1. The van der Waals surface area contributed by atoms with Crippen LogP contribution < -0.4 is 0 Å². The second-order valence-electron chi connectivity index (χ2n) is 7.67. The van der Waals surface area contributed by atoms with Crippen molar-refractivity contribution in [1.82, 2.24) is 9.80 Å². The van der Waals surface area contributed by atoms with Crippen molar-refractivity contribution in [2.24, 2.45) is 5.92 Å². The first-order chi connectivity index (χ1) is 12.2. The normalized spacial score (nSPS) is 25.6. The fraction of sp³-hybridized carbons (Fsp3) is 0.737. The number of rotatable bonds is 6. The van der Waals surface area contributed by atoms with E-state index in [9.17, 15) is 4.79 Å². The average molecular weight is 365 g/mol. The molecule has 4 rings (SSSR count). The molecular formula is C19H28N2O3S. The Morgan fingerprint density at radius 2 is 2.20 bits per heavy atom. The Morgan fingerprint density at radius 1 is 1.40 bits per heavy atom. The van der Waals surface area contributed by atoms with Gasteiger partial charge in [0.1, 0.15) is 6.61 Å². The van der Waals surface area contributed by atoms with E-state index < -0.39 is 0 Å². The zero-order chi connectivity index (χ0) is 17.3. The van der Waals surface area contributed by atoms with E-state index in [-0.39, 0.29) is 18.1 Å². The second kappa shape index (κ2) is 7.35. The highest BCUT2D eigenvalue weighted by Crippen LogP contribution is 2.41. The van der Waals surface area contributed by atoms with E-state index in [1.165, 1.54) is 10.4 Å². The first-order valence-electron chi connectivity index (χ1n) is 9.41. The average Bonchev–Trinajstić information content (AvgIpc) is 3.29. The minimum atomic E-state index is -0.0398. The van der Waals surface area contributed by atoms with E-state index in [4.69, 9.17) is 9.47 Å². The van der Waals surface area contributed by atoms with Gasteiger partial charge in [0.25, 0.3) is 0 Å². The van der Waals surface area contributed by atoms with E-state index in [0.717, 1.165) is 58.6 Å². The maximum Gasteiger partial charge on any atom is 0.248 e. The summed E-state index contributed by atoms with van der Waals surface area (Å²) in [5.41, 5.74) is 1.35. The van der Waals surface area contributed by atoms with E-state index in [1.54, 1.807) is 0 Å². The van der Waals surface area contributed by atoms with Gasteiger partial charge in [-0.15, -0.1) is 11.3 Å². The van der Waals surface area contributed by atoms with Crippen LogP contribution >= 0.6 is 11.3 Å². The van der Waals surface area contributed by atoms with Crippen LogP contribution in [0.2, 0.25) is 0 Å². The Labute approximate surface area is 153 Å². The van der Waals surface area contributed by atoms with Crippen LogP contribution in [0.4, 0.5) is 0 Å². The second-order valence-corrected chi connectivity index (χ2v) is 8.67. The molecule has 0 aromatic carbocycles. The molecule has 6 heteroatoms. The number of carbonyl (C=O) groups is 1. The molecule has 25 heavy (non-hydrogen) atoms. The summed E-state index contributed by atoms with van der Waals surface area (Å²) in [6.07, 6.45) is 3.31. The molecule has 0 aliphatic carbocycles. The zero-order valence-corrected chi connectivity index (χ0v) is 15.9. The molecule has 1 amide bonds. The number of ether oxygens (including phenoxy) is 2. The fourth-order valence-electron chi connectivity index (χ4n) is 4.31. The Balaban J connectivity index is 1.23. The fourth-order valence-corrected chi connectivity index (χ4v) is 5.26. The van der Waals surface area contributed by atoms with Crippen molar-refractivity contribution in [2.45, 2.75) is 38.3 Å². The van der Waals surface area contributed by atoms with E-state index >= 15 is 0 Å². The number of hydrogen-bond donors (Lipinski definition) is 0. The lowest BCUT2D eigenvalue weighted by molar-refractivity contribution is -0.150. The molecule has 3 fully saturated rings. The van der Waals surface area contributed by atoms with Gasteiger partial charge in [-0.05, 0) is 43.2 Å². The molecular weight excluding hydrogens is 336 g/mol. The maximum absolute atomic E-state index is 12.1. The summed E-state index contributed by atoms with van der Waals surface area (Å²) < 4.78 is 11.9. The number of nitrogens with zero attached hydrogens (tertiary/aromatic N) is 2. The Hall–Kier alpha value is -0.950. The number of hydrogen-bond acceptors (Lipinski definition) is 5. The standard InChI is InChI=1S/C19H28N2O3S/c1-15-5-9-25-17(15)10-20-13-19(14-20)16(4-8-24-19)11-23-12-18(22)21-6-2-3-7-21/h5,9,16H,2-4,6-8,10-14H2,1H3. The van der Waals surface area contributed by atoms with Crippen LogP contribution in [0, 0.1) is 12.8 Å². The monoisotopic (exact) mass is 364 g/mol. The first kappa shape index (κ1) is 17.5. The predicted molar refractivity (Wildman–Crippen MR) is 97.8 cm³/mol.